The molecule has 1 saturated heterocycles. The molecule has 6 nitrogen and oxygen atoms in total. The molecule has 1 atom stereocenters. The Balaban J connectivity index is 1.64. The molecule has 3 aromatic rings. The van der Waals surface area contributed by atoms with E-state index in [1.54, 1.807) is 7.05 Å². The Morgan fingerprint density at radius 3 is 2.15 bits per heavy atom. The van der Waals surface area contributed by atoms with Crippen LogP contribution in [0.25, 0.3) is 21.8 Å². The molecule has 2 aromatic carbocycles. The second-order valence-electron chi connectivity index (χ2n) is 6.84. The summed E-state index contributed by atoms with van der Waals surface area (Å²) in [6.07, 6.45) is -0.00633. The first-order valence-corrected chi connectivity index (χ1v) is 10.2. The fourth-order valence-electron chi connectivity index (χ4n) is 3.79. The van der Waals surface area contributed by atoms with Crippen molar-refractivity contribution in [2.24, 2.45) is 0 Å². The molecule has 0 saturated carbocycles. The van der Waals surface area contributed by atoms with Crippen LogP contribution >= 0.6 is 0 Å². The maximum Gasteiger partial charge on any atom is 0.281 e. The van der Waals surface area contributed by atoms with Gasteiger partial charge in [-0.25, -0.2) is 0 Å². The Morgan fingerprint density at radius 2 is 1.54 bits per heavy atom. The van der Waals surface area contributed by atoms with E-state index in [-0.39, 0.29) is 6.54 Å². The number of para-hydroxylation sites is 2. The fraction of sp³-hybridized carbons (Fsp3) is 0.368. The molecule has 0 radical (unpaired) electrons. The Hall–Kier alpha value is -1.93. The molecule has 0 amide bonds. The lowest BCUT2D eigenvalue weighted by Gasteiger charge is -2.33. The number of nitrogens with zero attached hydrogens (tertiary/aromatic N) is 3. The van der Waals surface area contributed by atoms with Crippen LogP contribution in [0.5, 0.6) is 0 Å². The molecule has 26 heavy (non-hydrogen) atoms. The SMILES string of the molecule is CN1CCCN(CC(O)Cn2c3ccccc3c3ccccc32)S1(=O)=O. The molecule has 4 rings (SSSR count). The smallest absolute Gasteiger partial charge is 0.281 e. The van der Waals surface area contributed by atoms with E-state index in [1.807, 2.05) is 36.4 Å². The number of aliphatic hydroxyl groups is 1. The molecular formula is C19H23N3O3S. The summed E-state index contributed by atoms with van der Waals surface area (Å²) in [4.78, 5) is 0. The van der Waals surface area contributed by atoms with E-state index >= 15 is 0 Å². The van der Waals surface area contributed by atoms with Crippen molar-refractivity contribution in [3.05, 3.63) is 48.5 Å². The Labute approximate surface area is 153 Å². The Morgan fingerprint density at radius 1 is 0.962 bits per heavy atom. The summed E-state index contributed by atoms with van der Waals surface area (Å²) in [7, 11) is -1.88. The van der Waals surface area contributed by atoms with Crippen LogP contribution in [0.1, 0.15) is 6.42 Å². The zero-order valence-electron chi connectivity index (χ0n) is 14.7. The van der Waals surface area contributed by atoms with Crippen molar-refractivity contribution in [3.63, 3.8) is 0 Å². The third kappa shape index (κ3) is 2.91. The molecule has 1 fully saturated rings. The summed E-state index contributed by atoms with van der Waals surface area (Å²) in [5, 5.41) is 12.9. The summed E-state index contributed by atoms with van der Waals surface area (Å²) in [5.74, 6) is 0. The maximum atomic E-state index is 12.4. The van der Waals surface area contributed by atoms with Gasteiger partial charge in [-0.1, -0.05) is 36.4 Å². The van der Waals surface area contributed by atoms with Crippen molar-refractivity contribution in [1.29, 1.82) is 0 Å². The molecule has 1 unspecified atom stereocenters. The van der Waals surface area contributed by atoms with Crippen LogP contribution in [0.4, 0.5) is 0 Å². The molecule has 0 bridgehead atoms. The first-order valence-electron chi connectivity index (χ1n) is 8.84. The molecule has 7 heteroatoms. The van der Waals surface area contributed by atoms with E-state index in [1.165, 1.54) is 8.61 Å². The Bertz CT molecular complexity index is 991. The first-order chi connectivity index (χ1) is 12.5. The standard InChI is InChI=1S/C19H23N3O3S/c1-20-11-6-12-21(26(20,24)25)13-15(23)14-22-18-9-4-2-7-16(18)17-8-3-5-10-19(17)22/h2-5,7-10,15,23H,6,11-14H2,1H3. The summed E-state index contributed by atoms with van der Waals surface area (Å²) >= 11 is 0. The predicted molar refractivity (Wildman–Crippen MR) is 103 cm³/mol. The minimum absolute atomic E-state index is 0.105. The molecule has 138 valence electrons. The molecule has 1 aliphatic rings. The van der Waals surface area contributed by atoms with Gasteiger partial charge in [0.05, 0.1) is 12.6 Å². The van der Waals surface area contributed by atoms with Crippen LogP contribution in [-0.2, 0) is 16.8 Å². The number of aliphatic hydroxyl groups excluding tert-OH is 1. The van der Waals surface area contributed by atoms with Gasteiger partial charge in [-0.3, -0.25) is 0 Å². The number of rotatable bonds is 4. The van der Waals surface area contributed by atoms with Gasteiger partial charge < -0.3 is 9.67 Å². The van der Waals surface area contributed by atoms with E-state index in [4.69, 9.17) is 0 Å². The fourth-order valence-corrected chi connectivity index (χ4v) is 5.26. The monoisotopic (exact) mass is 373 g/mol. The van der Waals surface area contributed by atoms with Crippen LogP contribution in [0, 0.1) is 0 Å². The molecule has 1 N–H and O–H groups in total. The molecule has 1 aromatic heterocycles. The van der Waals surface area contributed by atoms with Gasteiger partial charge in [-0.05, 0) is 18.6 Å². The Kier molecular flexibility index (Phi) is 4.48. The zero-order valence-corrected chi connectivity index (χ0v) is 15.6. The summed E-state index contributed by atoms with van der Waals surface area (Å²) in [6.45, 7) is 1.44. The van der Waals surface area contributed by atoms with Gasteiger partial charge in [0.2, 0.25) is 0 Å². The largest absolute Gasteiger partial charge is 0.390 e. The van der Waals surface area contributed by atoms with Crippen molar-refractivity contribution in [2.45, 2.75) is 19.1 Å². The highest BCUT2D eigenvalue weighted by Crippen LogP contribution is 2.29. The van der Waals surface area contributed by atoms with Crippen molar-refractivity contribution in [3.8, 4) is 0 Å². The average Bonchev–Trinajstić information content (AvgIpc) is 2.94. The van der Waals surface area contributed by atoms with E-state index in [0.29, 0.717) is 19.6 Å². The predicted octanol–water partition coefficient (Wildman–Crippen LogP) is 2.04. The van der Waals surface area contributed by atoms with Crippen molar-refractivity contribution in [1.82, 2.24) is 13.2 Å². The molecular weight excluding hydrogens is 350 g/mol. The topological polar surface area (TPSA) is 65.8 Å². The minimum Gasteiger partial charge on any atom is -0.390 e. The van der Waals surface area contributed by atoms with Crippen LogP contribution in [0.2, 0.25) is 0 Å². The third-order valence-electron chi connectivity index (χ3n) is 5.09. The maximum absolute atomic E-state index is 12.4. The highest BCUT2D eigenvalue weighted by atomic mass is 32.2. The lowest BCUT2D eigenvalue weighted by Crippen LogP contribution is -2.50. The number of aromatic nitrogens is 1. The second kappa shape index (κ2) is 6.66. The van der Waals surface area contributed by atoms with Crippen LogP contribution in [-0.4, -0.2) is 59.5 Å². The van der Waals surface area contributed by atoms with E-state index in [9.17, 15) is 13.5 Å². The lowest BCUT2D eigenvalue weighted by molar-refractivity contribution is 0.123. The van der Waals surface area contributed by atoms with Crippen LogP contribution in [0.15, 0.2) is 48.5 Å². The summed E-state index contributed by atoms with van der Waals surface area (Å²) in [5.41, 5.74) is 2.10. The normalized spacial score (nSPS) is 19.9. The molecule has 1 aliphatic heterocycles. The van der Waals surface area contributed by atoms with Gasteiger partial charge in [0.15, 0.2) is 0 Å². The number of benzene rings is 2. The summed E-state index contributed by atoms with van der Waals surface area (Å²) in [6, 6.07) is 16.2. The van der Waals surface area contributed by atoms with Crippen LogP contribution < -0.4 is 0 Å². The molecule has 0 spiro atoms. The second-order valence-corrected chi connectivity index (χ2v) is 8.88. The van der Waals surface area contributed by atoms with E-state index < -0.39 is 16.3 Å². The minimum atomic E-state index is -3.46. The summed E-state index contributed by atoms with van der Waals surface area (Å²) < 4.78 is 29.6. The number of hydrogen-bond donors (Lipinski definition) is 1. The average molecular weight is 373 g/mol. The molecule has 2 heterocycles. The van der Waals surface area contributed by atoms with Crippen molar-refractivity contribution < 1.29 is 13.5 Å². The van der Waals surface area contributed by atoms with E-state index in [0.717, 1.165) is 28.2 Å². The van der Waals surface area contributed by atoms with Gasteiger partial charge in [0.1, 0.15) is 0 Å². The van der Waals surface area contributed by atoms with Gasteiger partial charge in [0, 0.05) is 48.5 Å². The van der Waals surface area contributed by atoms with Gasteiger partial charge >= 0.3 is 0 Å². The highest BCUT2D eigenvalue weighted by Gasteiger charge is 2.32. The van der Waals surface area contributed by atoms with Gasteiger partial charge in [-0.15, -0.1) is 0 Å². The van der Waals surface area contributed by atoms with E-state index in [2.05, 4.69) is 16.7 Å². The van der Waals surface area contributed by atoms with Crippen LogP contribution in [0.3, 0.4) is 0 Å². The highest BCUT2D eigenvalue weighted by molar-refractivity contribution is 7.86. The molecule has 0 aliphatic carbocycles. The lowest BCUT2D eigenvalue weighted by atomic mass is 10.2. The third-order valence-corrected chi connectivity index (χ3v) is 7.04. The van der Waals surface area contributed by atoms with Gasteiger partial charge in [-0.2, -0.15) is 17.0 Å². The first kappa shape index (κ1) is 17.5. The van der Waals surface area contributed by atoms with Gasteiger partial charge in [0.25, 0.3) is 10.2 Å². The van der Waals surface area contributed by atoms with Crippen molar-refractivity contribution >= 4 is 32.0 Å². The number of fused-ring (bicyclic) bond motifs is 3. The number of hydrogen-bond acceptors (Lipinski definition) is 3. The quantitative estimate of drug-likeness (QED) is 0.761. The number of β-amino-alcohol motifs (C(OH)–C–C–N with tert-alkyl or cyclic N) is 1. The van der Waals surface area contributed by atoms with Crippen molar-refractivity contribution in [2.75, 3.05) is 26.7 Å². The zero-order chi connectivity index (χ0) is 18.3.